The summed E-state index contributed by atoms with van der Waals surface area (Å²) in [5.74, 6) is -0.627. The second-order valence-electron chi connectivity index (χ2n) is 6.43. The van der Waals surface area contributed by atoms with Gasteiger partial charge in [-0.05, 0) is 12.0 Å². The van der Waals surface area contributed by atoms with Crippen LogP contribution in [0.2, 0.25) is 0 Å². The Hall–Kier alpha value is -2.53. The molecule has 3 heterocycles. The van der Waals surface area contributed by atoms with Gasteiger partial charge in [-0.25, -0.2) is 0 Å². The molecule has 4 atom stereocenters. The maximum absolute atomic E-state index is 12.6. The molecule has 0 amide bonds. The van der Waals surface area contributed by atoms with Gasteiger partial charge in [-0.1, -0.05) is 41.7 Å². The molecule has 4 rings (SSSR count). The average Bonchev–Trinajstić information content (AvgIpc) is 3.22. The number of hydrogen-bond acceptors (Lipinski definition) is 8. The molecule has 3 aromatic rings. The number of nitrogen functional groups attached to an aromatic ring is 1. The number of benzene rings is 1. The fraction of sp³-hybridized carbons (Fsp3) is 0.353. The van der Waals surface area contributed by atoms with E-state index in [1.165, 1.54) is 4.57 Å². The molecule has 0 bridgehead atoms. The van der Waals surface area contributed by atoms with Gasteiger partial charge in [-0.15, -0.1) is 0 Å². The molecule has 142 valence electrons. The lowest BCUT2D eigenvalue weighted by Gasteiger charge is -2.24. The molecule has 1 saturated heterocycles. The molecule has 0 saturated carbocycles. The van der Waals surface area contributed by atoms with Gasteiger partial charge in [0.2, 0.25) is 5.95 Å². The van der Waals surface area contributed by atoms with Crippen LogP contribution in [0.1, 0.15) is 24.3 Å². The zero-order chi connectivity index (χ0) is 19.1. The largest absolute Gasteiger partial charge is 0.394 e. The first-order valence-electron chi connectivity index (χ1n) is 8.39. The van der Waals surface area contributed by atoms with Crippen molar-refractivity contribution in [1.29, 1.82) is 0 Å². The monoisotopic (exact) mass is 390 g/mol. The summed E-state index contributed by atoms with van der Waals surface area (Å²) in [6.07, 6.45) is -2.00. The van der Waals surface area contributed by atoms with Crippen molar-refractivity contribution in [3.8, 4) is 0 Å². The molecule has 4 unspecified atom stereocenters. The van der Waals surface area contributed by atoms with Crippen molar-refractivity contribution in [2.75, 3.05) is 12.3 Å². The van der Waals surface area contributed by atoms with Crippen LogP contribution in [0.4, 0.5) is 5.95 Å². The molecule has 0 radical (unpaired) electrons. The SMILES string of the molecule is Nc1nc2c(sc(=O)n2C2OC(CO)CC2C(O)c2ccccc2)c(=O)[nH]1. The van der Waals surface area contributed by atoms with Crippen LogP contribution in [0, 0.1) is 5.92 Å². The number of aromatic amines is 1. The molecule has 0 spiro atoms. The van der Waals surface area contributed by atoms with E-state index in [9.17, 15) is 19.8 Å². The van der Waals surface area contributed by atoms with Crippen molar-refractivity contribution < 1.29 is 14.9 Å². The number of fused-ring (bicyclic) bond motifs is 1. The van der Waals surface area contributed by atoms with E-state index in [-0.39, 0.29) is 22.9 Å². The zero-order valence-electron chi connectivity index (χ0n) is 14.1. The minimum atomic E-state index is -0.922. The van der Waals surface area contributed by atoms with E-state index in [0.717, 1.165) is 11.3 Å². The summed E-state index contributed by atoms with van der Waals surface area (Å²) in [7, 11) is 0. The number of thiazole rings is 1. The number of aliphatic hydroxyl groups excluding tert-OH is 2. The van der Waals surface area contributed by atoms with E-state index in [0.29, 0.717) is 12.0 Å². The van der Waals surface area contributed by atoms with Crippen molar-refractivity contribution in [1.82, 2.24) is 14.5 Å². The van der Waals surface area contributed by atoms with E-state index in [1.807, 2.05) is 6.07 Å². The van der Waals surface area contributed by atoms with E-state index < -0.39 is 34.8 Å². The standard InChI is InChI=1S/C17H18N4O5S/c18-16-19-13-12(14(24)20-16)27-17(25)21(13)15-10(6-9(7-22)26-15)11(23)8-4-2-1-3-5-8/h1-5,9-11,15,22-23H,6-7H2,(H3,18,19,20,24). The molecule has 1 aliphatic heterocycles. The van der Waals surface area contributed by atoms with Crippen LogP contribution < -0.4 is 16.2 Å². The lowest BCUT2D eigenvalue weighted by atomic mass is 9.91. The van der Waals surface area contributed by atoms with Crippen LogP contribution in [-0.4, -0.2) is 37.5 Å². The van der Waals surface area contributed by atoms with Gasteiger partial charge in [0.15, 0.2) is 5.65 Å². The number of nitrogens with one attached hydrogen (secondary N) is 1. The second kappa shape index (κ2) is 6.89. The third kappa shape index (κ3) is 3.06. The quantitative estimate of drug-likeness (QED) is 0.503. The van der Waals surface area contributed by atoms with Crippen LogP contribution in [-0.2, 0) is 4.74 Å². The molecular formula is C17H18N4O5S. The fourth-order valence-electron chi connectivity index (χ4n) is 3.50. The molecule has 2 aromatic heterocycles. The third-order valence-electron chi connectivity index (χ3n) is 4.73. The summed E-state index contributed by atoms with van der Waals surface area (Å²) in [6.45, 7) is -0.249. The molecule has 1 aromatic carbocycles. The number of hydrogen-bond donors (Lipinski definition) is 4. The first kappa shape index (κ1) is 17.9. The summed E-state index contributed by atoms with van der Waals surface area (Å²) in [6, 6.07) is 9.01. The van der Waals surface area contributed by atoms with Crippen LogP contribution in [0.15, 0.2) is 39.9 Å². The lowest BCUT2D eigenvalue weighted by Crippen LogP contribution is -2.28. The van der Waals surface area contributed by atoms with Gasteiger partial charge >= 0.3 is 4.87 Å². The molecule has 9 nitrogen and oxygen atoms in total. The fourth-order valence-corrected chi connectivity index (χ4v) is 4.34. The highest BCUT2D eigenvalue weighted by Gasteiger charge is 2.42. The predicted molar refractivity (Wildman–Crippen MR) is 99.4 cm³/mol. The summed E-state index contributed by atoms with van der Waals surface area (Å²) >= 11 is 0.741. The Morgan fingerprint density at radius 3 is 2.81 bits per heavy atom. The Morgan fingerprint density at radius 1 is 1.37 bits per heavy atom. The van der Waals surface area contributed by atoms with Crippen molar-refractivity contribution in [2.45, 2.75) is 24.9 Å². The summed E-state index contributed by atoms with van der Waals surface area (Å²) < 4.78 is 7.23. The smallest absolute Gasteiger partial charge is 0.311 e. The molecule has 27 heavy (non-hydrogen) atoms. The minimum absolute atomic E-state index is 0.111. The average molecular weight is 390 g/mol. The lowest BCUT2D eigenvalue weighted by molar-refractivity contribution is -0.0498. The van der Waals surface area contributed by atoms with Crippen molar-refractivity contribution in [3.05, 3.63) is 55.9 Å². The van der Waals surface area contributed by atoms with E-state index >= 15 is 0 Å². The Morgan fingerprint density at radius 2 is 2.11 bits per heavy atom. The maximum Gasteiger partial charge on any atom is 0.311 e. The highest BCUT2D eigenvalue weighted by Crippen LogP contribution is 2.42. The van der Waals surface area contributed by atoms with Crippen molar-refractivity contribution >= 4 is 27.6 Å². The molecule has 10 heteroatoms. The number of aliphatic hydroxyl groups is 2. The molecular weight excluding hydrogens is 372 g/mol. The van der Waals surface area contributed by atoms with Gasteiger partial charge in [0.1, 0.15) is 10.9 Å². The molecule has 1 aliphatic rings. The number of rotatable bonds is 4. The van der Waals surface area contributed by atoms with Gasteiger partial charge in [-0.3, -0.25) is 19.1 Å². The molecule has 5 N–H and O–H groups in total. The maximum atomic E-state index is 12.6. The Balaban J connectivity index is 1.83. The Labute approximate surface area is 156 Å². The first-order valence-corrected chi connectivity index (χ1v) is 9.21. The highest BCUT2D eigenvalue weighted by atomic mass is 32.1. The van der Waals surface area contributed by atoms with Crippen molar-refractivity contribution in [3.63, 3.8) is 0 Å². The first-order chi connectivity index (χ1) is 13.0. The second-order valence-corrected chi connectivity index (χ2v) is 7.39. The van der Waals surface area contributed by atoms with Gasteiger partial charge in [0.05, 0.1) is 18.8 Å². The number of anilines is 1. The van der Waals surface area contributed by atoms with E-state index in [2.05, 4.69) is 9.97 Å². The van der Waals surface area contributed by atoms with E-state index in [4.69, 9.17) is 10.5 Å². The summed E-state index contributed by atoms with van der Waals surface area (Å²) in [4.78, 5) is 30.7. The number of H-pyrrole nitrogens is 1. The molecule has 0 aliphatic carbocycles. The summed E-state index contributed by atoms with van der Waals surface area (Å²) in [5.41, 5.74) is 5.91. The minimum Gasteiger partial charge on any atom is -0.394 e. The van der Waals surface area contributed by atoms with Crippen molar-refractivity contribution in [2.24, 2.45) is 5.92 Å². The number of nitrogens with zero attached hydrogens (tertiary/aromatic N) is 2. The number of nitrogens with two attached hydrogens (primary N) is 1. The van der Waals surface area contributed by atoms with Crippen LogP contribution >= 0.6 is 11.3 Å². The third-order valence-corrected chi connectivity index (χ3v) is 5.67. The summed E-state index contributed by atoms with van der Waals surface area (Å²) in [5, 5.41) is 20.4. The highest BCUT2D eigenvalue weighted by molar-refractivity contribution is 7.16. The van der Waals surface area contributed by atoms with Crippen LogP contribution in [0.5, 0.6) is 0 Å². The number of ether oxygens (including phenoxy) is 1. The normalized spacial score (nSPS) is 23.7. The zero-order valence-corrected chi connectivity index (χ0v) is 14.9. The topological polar surface area (TPSA) is 143 Å². The van der Waals surface area contributed by atoms with Gasteiger partial charge in [0.25, 0.3) is 5.56 Å². The Kier molecular flexibility index (Phi) is 4.56. The van der Waals surface area contributed by atoms with Gasteiger partial charge in [0, 0.05) is 5.92 Å². The van der Waals surface area contributed by atoms with Crippen LogP contribution in [0.25, 0.3) is 10.3 Å². The van der Waals surface area contributed by atoms with Crippen LogP contribution in [0.3, 0.4) is 0 Å². The van der Waals surface area contributed by atoms with E-state index in [1.54, 1.807) is 24.3 Å². The van der Waals surface area contributed by atoms with Gasteiger partial charge in [-0.2, -0.15) is 4.98 Å². The Bertz CT molecular complexity index is 1080. The number of aromatic nitrogens is 3. The van der Waals surface area contributed by atoms with Gasteiger partial charge < -0.3 is 20.7 Å². The predicted octanol–water partition coefficient (Wildman–Crippen LogP) is 0.358. The molecule has 1 fully saturated rings.